The van der Waals surface area contributed by atoms with E-state index in [0.29, 0.717) is 19.8 Å². The molecule has 4 heteroatoms. The minimum atomic E-state index is 0.439. The maximum Gasteiger partial charge on any atom is 0.135 e. The topological polar surface area (TPSA) is 61.3 Å². The van der Waals surface area contributed by atoms with Crippen LogP contribution in [0.4, 0.5) is 0 Å². The number of ether oxygens (including phenoxy) is 1. The zero-order chi connectivity index (χ0) is 14.5. The van der Waals surface area contributed by atoms with Crippen LogP contribution in [0.3, 0.4) is 0 Å². The molecule has 21 heavy (non-hydrogen) atoms. The van der Waals surface area contributed by atoms with Gasteiger partial charge in [-0.1, -0.05) is 24.3 Å². The summed E-state index contributed by atoms with van der Waals surface area (Å²) in [6, 6.07) is 13.8. The SMILES string of the molecule is NCc1c(COCCc2ccccn2)oc2ccccc12. The zero-order valence-corrected chi connectivity index (χ0v) is 11.8. The molecule has 0 aliphatic carbocycles. The summed E-state index contributed by atoms with van der Waals surface area (Å²) in [5, 5.41) is 1.07. The molecular weight excluding hydrogens is 264 g/mol. The molecule has 0 radical (unpaired) electrons. The number of para-hydroxylation sites is 1. The predicted molar refractivity (Wildman–Crippen MR) is 81.7 cm³/mol. The normalized spacial score (nSPS) is 11.1. The van der Waals surface area contributed by atoms with Crippen LogP contribution in [0.25, 0.3) is 11.0 Å². The van der Waals surface area contributed by atoms with Crippen LogP contribution in [0, 0.1) is 0 Å². The van der Waals surface area contributed by atoms with E-state index < -0.39 is 0 Å². The first-order valence-electron chi connectivity index (χ1n) is 7.05. The molecule has 0 aliphatic heterocycles. The first-order chi connectivity index (χ1) is 10.4. The van der Waals surface area contributed by atoms with E-state index in [0.717, 1.165) is 34.4 Å². The fourth-order valence-corrected chi connectivity index (χ4v) is 2.38. The molecule has 3 aromatic rings. The van der Waals surface area contributed by atoms with Crippen molar-refractivity contribution in [2.45, 2.75) is 19.6 Å². The number of aromatic nitrogens is 1. The Hall–Kier alpha value is -2.17. The van der Waals surface area contributed by atoms with Crippen molar-refractivity contribution >= 4 is 11.0 Å². The Morgan fingerprint density at radius 1 is 1.10 bits per heavy atom. The molecule has 2 aromatic heterocycles. The third kappa shape index (κ3) is 3.12. The predicted octanol–water partition coefficient (Wildman–Crippen LogP) is 3.05. The second-order valence-corrected chi connectivity index (χ2v) is 4.83. The van der Waals surface area contributed by atoms with Crippen LogP contribution in [-0.2, 0) is 24.3 Å². The van der Waals surface area contributed by atoms with Crippen molar-refractivity contribution in [3.05, 3.63) is 65.7 Å². The number of benzene rings is 1. The van der Waals surface area contributed by atoms with Gasteiger partial charge in [0.15, 0.2) is 0 Å². The first-order valence-corrected chi connectivity index (χ1v) is 7.05. The van der Waals surface area contributed by atoms with Crippen LogP contribution in [0.1, 0.15) is 17.0 Å². The minimum absolute atomic E-state index is 0.439. The van der Waals surface area contributed by atoms with Gasteiger partial charge in [-0.2, -0.15) is 0 Å². The number of furan rings is 1. The molecule has 1 aromatic carbocycles. The fourth-order valence-electron chi connectivity index (χ4n) is 2.38. The zero-order valence-electron chi connectivity index (χ0n) is 11.8. The van der Waals surface area contributed by atoms with E-state index in [1.807, 2.05) is 42.5 Å². The lowest BCUT2D eigenvalue weighted by Gasteiger charge is -2.03. The molecule has 0 saturated heterocycles. The van der Waals surface area contributed by atoms with Crippen LogP contribution >= 0.6 is 0 Å². The third-order valence-corrected chi connectivity index (χ3v) is 3.45. The van der Waals surface area contributed by atoms with E-state index in [1.54, 1.807) is 6.20 Å². The van der Waals surface area contributed by atoms with E-state index in [2.05, 4.69) is 4.98 Å². The fraction of sp³-hybridized carbons (Fsp3) is 0.235. The van der Waals surface area contributed by atoms with Crippen molar-refractivity contribution in [3.63, 3.8) is 0 Å². The van der Waals surface area contributed by atoms with Crippen molar-refractivity contribution in [2.24, 2.45) is 5.73 Å². The summed E-state index contributed by atoms with van der Waals surface area (Å²) < 4.78 is 11.5. The number of nitrogens with two attached hydrogens (primary N) is 1. The molecule has 0 spiro atoms. The number of nitrogens with zero attached hydrogens (tertiary/aromatic N) is 1. The highest BCUT2D eigenvalue weighted by Crippen LogP contribution is 2.25. The monoisotopic (exact) mass is 282 g/mol. The van der Waals surface area contributed by atoms with E-state index in [1.165, 1.54) is 0 Å². The molecule has 4 nitrogen and oxygen atoms in total. The van der Waals surface area contributed by atoms with Gasteiger partial charge in [0.05, 0.1) is 6.61 Å². The van der Waals surface area contributed by atoms with Crippen molar-refractivity contribution in [1.29, 1.82) is 0 Å². The Kier molecular flexibility index (Phi) is 4.28. The smallest absolute Gasteiger partial charge is 0.135 e. The molecule has 0 bridgehead atoms. The van der Waals surface area contributed by atoms with Gasteiger partial charge in [-0.3, -0.25) is 4.98 Å². The van der Waals surface area contributed by atoms with Crippen LogP contribution < -0.4 is 5.73 Å². The van der Waals surface area contributed by atoms with E-state index in [-0.39, 0.29) is 0 Å². The van der Waals surface area contributed by atoms with Crippen molar-refractivity contribution in [2.75, 3.05) is 6.61 Å². The summed E-state index contributed by atoms with van der Waals surface area (Å²) in [5.74, 6) is 0.819. The lowest BCUT2D eigenvalue weighted by Crippen LogP contribution is -2.03. The highest BCUT2D eigenvalue weighted by molar-refractivity contribution is 5.82. The van der Waals surface area contributed by atoms with E-state index in [9.17, 15) is 0 Å². The van der Waals surface area contributed by atoms with Crippen molar-refractivity contribution in [3.8, 4) is 0 Å². The number of hydrogen-bond acceptors (Lipinski definition) is 4. The van der Waals surface area contributed by atoms with Gasteiger partial charge >= 0.3 is 0 Å². The standard InChI is InChI=1S/C17H18N2O2/c18-11-15-14-6-1-2-7-16(14)21-17(15)12-20-10-8-13-5-3-4-9-19-13/h1-7,9H,8,10-12,18H2. The van der Waals surface area contributed by atoms with Gasteiger partial charge in [0, 0.05) is 35.8 Å². The van der Waals surface area contributed by atoms with Gasteiger partial charge in [0.1, 0.15) is 18.0 Å². The molecule has 0 amide bonds. The van der Waals surface area contributed by atoms with Gasteiger partial charge in [0.25, 0.3) is 0 Å². The van der Waals surface area contributed by atoms with Gasteiger partial charge in [-0.25, -0.2) is 0 Å². The summed E-state index contributed by atoms with van der Waals surface area (Å²) in [4.78, 5) is 4.27. The minimum Gasteiger partial charge on any atom is -0.458 e. The summed E-state index contributed by atoms with van der Waals surface area (Å²) >= 11 is 0. The summed E-state index contributed by atoms with van der Waals surface area (Å²) in [6.45, 7) is 1.50. The average Bonchev–Trinajstić information content (AvgIpc) is 2.90. The molecule has 0 atom stereocenters. The Balaban J connectivity index is 1.63. The van der Waals surface area contributed by atoms with Gasteiger partial charge in [-0.05, 0) is 18.2 Å². The summed E-state index contributed by atoms with van der Waals surface area (Å²) in [5.41, 5.74) is 8.75. The number of rotatable bonds is 6. The molecular formula is C17H18N2O2. The highest BCUT2D eigenvalue weighted by atomic mass is 16.5. The molecule has 3 rings (SSSR count). The highest BCUT2D eigenvalue weighted by Gasteiger charge is 2.12. The quantitative estimate of drug-likeness (QED) is 0.706. The maximum absolute atomic E-state index is 5.83. The molecule has 0 unspecified atom stereocenters. The summed E-state index contributed by atoms with van der Waals surface area (Å²) in [6.07, 6.45) is 2.58. The maximum atomic E-state index is 5.83. The second kappa shape index (κ2) is 6.52. The second-order valence-electron chi connectivity index (χ2n) is 4.83. The Morgan fingerprint density at radius 2 is 1.95 bits per heavy atom. The van der Waals surface area contributed by atoms with Crippen LogP contribution in [0.2, 0.25) is 0 Å². The molecule has 108 valence electrons. The Bertz CT molecular complexity index is 707. The lowest BCUT2D eigenvalue weighted by atomic mass is 10.1. The van der Waals surface area contributed by atoms with Crippen LogP contribution in [0.5, 0.6) is 0 Å². The number of fused-ring (bicyclic) bond motifs is 1. The Morgan fingerprint density at radius 3 is 2.76 bits per heavy atom. The molecule has 2 heterocycles. The molecule has 0 aliphatic rings. The van der Waals surface area contributed by atoms with E-state index >= 15 is 0 Å². The molecule has 2 N–H and O–H groups in total. The summed E-state index contributed by atoms with van der Waals surface area (Å²) in [7, 11) is 0. The van der Waals surface area contributed by atoms with Crippen LogP contribution in [0.15, 0.2) is 53.1 Å². The molecule has 0 saturated carbocycles. The molecule has 0 fully saturated rings. The lowest BCUT2D eigenvalue weighted by molar-refractivity contribution is 0.109. The number of pyridine rings is 1. The largest absolute Gasteiger partial charge is 0.458 e. The van der Waals surface area contributed by atoms with Gasteiger partial charge in [0.2, 0.25) is 0 Å². The van der Waals surface area contributed by atoms with Gasteiger partial charge < -0.3 is 14.9 Å². The first kappa shape index (κ1) is 13.8. The van der Waals surface area contributed by atoms with Crippen molar-refractivity contribution < 1.29 is 9.15 Å². The van der Waals surface area contributed by atoms with E-state index in [4.69, 9.17) is 14.9 Å². The van der Waals surface area contributed by atoms with Crippen molar-refractivity contribution in [1.82, 2.24) is 4.98 Å². The van der Waals surface area contributed by atoms with Gasteiger partial charge in [-0.15, -0.1) is 0 Å². The Labute approximate surface area is 123 Å². The van der Waals surface area contributed by atoms with Crippen LogP contribution in [-0.4, -0.2) is 11.6 Å². The number of hydrogen-bond donors (Lipinski definition) is 1. The average molecular weight is 282 g/mol. The third-order valence-electron chi connectivity index (χ3n) is 3.45.